The summed E-state index contributed by atoms with van der Waals surface area (Å²) in [6.07, 6.45) is 7.19. The van der Waals surface area contributed by atoms with Gasteiger partial charge in [0.05, 0.1) is 40.2 Å². The van der Waals surface area contributed by atoms with E-state index >= 15 is 0 Å². The Bertz CT molecular complexity index is 1280. The van der Waals surface area contributed by atoms with Gasteiger partial charge in [-0.25, -0.2) is 9.98 Å². The molecule has 0 atom stereocenters. The van der Waals surface area contributed by atoms with Gasteiger partial charge in [0, 0.05) is 24.5 Å². The van der Waals surface area contributed by atoms with Crippen molar-refractivity contribution in [3.63, 3.8) is 0 Å². The lowest BCUT2D eigenvalue weighted by Gasteiger charge is -2.31. The van der Waals surface area contributed by atoms with E-state index in [0.29, 0.717) is 6.54 Å². The molecule has 2 fully saturated rings. The number of allylic oxidation sites excluding steroid dienone is 2. The van der Waals surface area contributed by atoms with Crippen molar-refractivity contribution >= 4 is 23.1 Å². The molecule has 0 saturated heterocycles. The number of hydrogen-bond acceptors (Lipinski definition) is 5. The molecule has 4 aliphatic rings. The number of para-hydroxylation sites is 2. The molecule has 1 N–H and O–H groups in total. The number of aromatic nitrogens is 2. The van der Waals surface area contributed by atoms with Gasteiger partial charge in [-0.15, -0.1) is 0 Å². The first-order valence-electron chi connectivity index (χ1n) is 10.9. The van der Waals surface area contributed by atoms with Crippen molar-refractivity contribution in [3.05, 3.63) is 77.7 Å². The fraction of sp³-hybridized carbons (Fsp3) is 0.320. The monoisotopic (exact) mass is 410 g/mol. The van der Waals surface area contributed by atoms with Gasteiger partial charge in [-0.3, -0.25) is 4.99 Å². The second kappa shape index (κ2) is 6.30. The first-order valence-corrected chi connectivity index (χ1v) is 10.9. The quantitative estimate of drug-likeness (QED) is 0.780. The zero-order valence-corrected chi connectivity index (χ0v) is 18.0. The smallest absolute Gasteiger partial charge is 0.178 e. The Morgan fingerprint density at radius 3 is 2.74 bits per heavy atom. The first-order chi connectivity index (χ1) is 15.0. The summed E-state index contributed by atoms with van der Waals surface area (Å²) in [5, 5.41) is 3.38. The van der Waals surface area contributed by atoms with Crippen molar-refractivity contribution in [2.75, 3.05) is 13.6 Å². The molecule has 2 aliphatic heterocycles. The molecule has 2 saturated carbocycles. The van der Waals surface area contributed by atoms with E-state index in [1.165, 1.54) is 18.4 Å². The van der Waals surface area contributed by atoms with E-state index in [2.05, 4.69) is 58.1 Å². The SMILES string of the molecule is C=C(NC1=CCN=C1)C1=C(CC)C(=C)N(C)C(c2nc3ccccc3n2C23CC2C3)=N1. The summed E-state index contributed by atoms with van der Waals surface area (Å²) < 4.78 is 2.44. The largest absolute Gasteiger partial charge is 0.353 e. The van der Waals surface area contributed by atoms with E-state index in [1.807, 2.05) is 25.4 Å². The maximum absolute atomic E-state index is 5.14. The van der Waals surface area contributed by atoms with Crippen LogP contribution in [0.3, 0.4) is 0 Å². The predicted molar refractivity (Wildman–Crippen MR) is 125 cm³/mol. The van der Waals surface area contributed by atoms with Crippen molar-refractivity contribution in [1.29, 1.82) is 0 Å². The highest BCUT2D eigenvalue weighted by Crippen LogP contribution is 2.73. The van der Waals surface area contributed by atoms with E-state index in [9.17, 15) is 0 Å². The highest BCUT2D eigenvalue weighted by Gasteiger charge is 2.72. The van der Waals surface area contributed by atoms with Crippen LogP contribution in [0, 0.1) is 5.92 Å². The molecule has 31 heavy (non-hydrogen) atoms. The predicted octanol–water partition coefficient (Wildman–Crippen LogP) is 4.10. The van der Waals surface area contributed by atoms with Gasteiger partial charge in [-0.2, -0.15) is 0 Å². The maximum Gasteiger partial charge on any atom is 0.178 e. The highest BCUT2D eigenvalue weighted by molar-refractivity contribution is 6.02. The van der Waals surface area contributed by atoms with Gasteiger partial charge in [0.1, 0.15) is 0 Å². The topological polar surface area (TPSA) is 57.8 Å². The third-order valence-corrected chi connectivity index (χ3v) is 7.00. The standard InChI is InChI=1S/C25H26N6/c1-5-19-16(3)30(4)23(29-22(19)15(2)27-18-10-11-26-14-18)24-28-20-8-6-7-9-21(20)31(24)25-12-17(25)13-25/h6-10,14,17,27H,2-3,5,11-13H2,1,4H3. The van der Waals surface area contributed by atoms with Crippen molar-refractivity contribution in [1.82, 2.24) is 19.8 Å². The lowest BCUT2D eigenvalue weighted by Crippen LogP contribution is -2.35. The molecule has 1 aromatic heterocycles. The highest BCUT2D eigenvalue weighted by atomic mass is 15.3. The minimum atomic E-state index is 0.241. The summed E-state index contributed by atoms with van der Waals surface area (Å²) in [6, 6.07) is 8.40. The summed E-state index contributed by atoms with van der Waals surface area (Å²) >= 11 is 0. The van der Waals surface area contributed by atoms with Crippen LogP contribution in [0.1, 0.15) is 32.0 Å². The van der Waals surface area contributed by atoms with Crippen molar-refractivity contribution in [3.8, 4) is 0 Å². The van der Waals surface area contributed by atoms with Crippen molar-refractivity contribution < 1.29 is 0 Å². The molecule has 156 valence electrons. The Morgan fingerprint density at radius 1 is 1.29 bits per heavy atom. The van der Waals surface area contributed by atoms with E-state index in [4.69, 9.17) is 9.98 Å². The Balaban J connectivity index is 1.50. The molecule has 0 bridgehead atoms. The molecule has 6 rings (SSSR count). The van der Waals surface area contributed by atoms with E-state index in [-0.39, 0.29) is 5.54 Å². The van der Waals surface area contributed by atoms with Gasteiger partial charge in [-0.05, 0) is 43.4 Å². The average molecular weight is 411 g/mol. The van der Waals surface area contributed by atoms with Crippen LogP contribution in [0.4, 0.5) is 0 Å². The Kier molecular flexibility index (Phi) is 3.73. The van der Waals surface area contributed by atoms with Crippen LogP contribution in [-0.4, -0.2) is 40.1 Å². The molecule has 2 aromatic rings. The molecule has 2 aliphatic carbocycles. The number of benzene rings is 1. The summed E-state index contributed by atoms with van der Waals surface area (Å²) in [7, 11) is 2.04. The van der Waals surface area contributed by atoms with Gasteiger partial charge in [0.25, 0.3) is 0 Å². The van der Waals surface area contributed by atoms with E-state index in [1.54, 1.807) is 0 Å². The number of nitrogens with zero attached hydrogens (tertiary/aromatic N) is 5. The Labute approximate surface area is 182 Å². The van der Waals surface area contributed by atoms with Crippen LogP contribution in [0.2, 0.25) is 0 Å². The average Bonchev–Trinajstić information content (AvgIpc) is 3.47. The summed E-state index contributed by atoms with van der Waals surface area (Å²) in [5.41, 5.74) is 7.05. The number of fused-ring (bicyclic) bond motifs is 2. The van der Waals surface area contributed by atoms with E-state index in [0.717, 1.165) is 57.9 Å². The molecule has 1 aromatic carbocycles. The Morgan fingerprint density at radius 2 is 2.06 bits per heavy atom. The molecule has 0 amide bonds. The van der Waals surface area contributed by atoms with Crippen molar-refractivity contribution in [2.24, 2.45) is 15.9 Å². The lowest BCUT2D eigenvalue weighted by molar-refractivity contribution is 0.574. The fourth-order valence-electron chi connectivity index (χ4n) is 4.88. The maximum atomic E-state index is 5.14. The molecule has 0 radical (unpaired) electrons. The van der Waals surface area contributed by atoms with Crippen LogP contribution in [0.5, 0.6) is 0 Å². The molecule has 6 nitrogen and oxygen atoms in total. The zero-order chi connectivity index (χ0) is 21.3. The molecular formula is C25H26N6. The van der Waals surface area contributed by atoms with Gasteiger partial charge in [0.15, 0.2) is 11.7 Å². The fourth-order valence-corrected chi connectivity index (χ4v) is 4.88. The molecule has 3 heterocycles. The summed E-state index contributed by atoms with van der Waals surface area (Å²) in [6.45, 7) is 11.5. The van der Waals surface area contributed by atoms with Crippen LogP contribution >= 0.6 is 0 Å². The first kappa shape index (κ1) is 18.4. The number of amidine groups is 1. The third kappa shape index (κ3) is 2.60. The van der Waals surface area contributed by atoms with Crippen molar-refractivity contribution in [2.45, 2.75) is 31.7 Å². The van der Waals surface area contributed by atoms with Gasteiger partial charge < -0.3 is 14.8 Å². The summed E-state index contributed by atoms with van der Waals surface area (Å²) in [5.74, 6) is 2.54. The number of likely N-dealkylation sites (N-methyl/N-ethyl adjacent to an activating group) is 1. The molecular weight excluding hydrogens is 384 g/mol. The van der Waals surface area contributed by atoms with Crippen LogP contribution in [0.15, 0.2) is 81.8 Å². The molecule has 0 unspecified atom stereocenters. The second-order valence-corrected chi connectivity index (χ2v) is 8.85. The number of hydrogen-bond donors (Lipinski definition) is 1. The van der Waals surface area contributed by atoms with Gasteiger partial charge >= 0.3 is 0 Å². The number of nitrogens with one attached hydrogen (secondary N) is 1. The number of imidazole rings is 1. The molecule has 0 spiro atoms. The van der Waals surface area contributed by atoms with Crippen LogP contribution in [0.25, 0.3) is 11.0 Å². The Hall–Kier alpha value is -3.41. The normalized spacial score (nSPS) is 26.2. The lowest BCUT2D eigenvalue weighted by atomic mass is 10.0. The molecule has 6 heteroatoms. The van der Waals surface area contributed by atoms with Crippen LogP contribution in [-0.2, 0) is 5.54 Å². The summed E-state index contributed by atoms with van der Waals surface area (Å²) in [4.78, 5) is 16.5. The van der Waals surface area contributed by atoms with Gasteiger partial charge in [-0.1, -0.05) is 32.2 Å². The number of aliphatic imine (C=N–C) groups is 2. The van der Waals surface area contributed by atoms with Gasteiger partial charge in [0.2, 0.25) is 0 Å². The minimum absolute atomic E-state index is 0.241. The third-order valence-electron chi connectivity index (χ3n) is 7.00. The van der Waals surface area contributed by atoms with Crippen LogP contribution < -0.4 is 5.32 Å². The zero-order valence-electron chi connectivity index (χ0n) is 18.0. The number of rotatable bonds is 6. The minimum Gasteiger partial charge on any atom is -0.353 e. The second-order valence-electron chi connectivity index (χ2n) is 8.85. The van der Waals surface area contributed by atoms with E-state index < -0.39 is 0 Å².